The second kappa shape index (κ2) is 8.29. The Hall–Kier alpha value is -2.36. The van der Waals surface area contributed by atoms with Crippen LogP contribution in [0.1, 0.15) is 12.0 Å². The van der Waals surface area contributed by atoms with Gasteiger partial charge in [-0.2, -0.15) is 0 Å². The molecule has 0 aliphatic carbocycles. The molecule has 31 heavy (non-hydrogen) atoms. The minimum atomic E-state index is -3.92. The highest BCUT2D eigenvalue weighted by Gasteiger charge is 2.57. The summed E-state index contributed by atoms with van der Waals surface area (Å²) in [6.07, 6.45) is 0.657. The highest BCUT2D eigenvalue weighted by molar-refractivity contribution is 7.88. The van der Waals surface area contributed by atoms with Crippen molar-refractivity contribution < 1.29 is 26.7 Å². The summed E-state index contributed by atoms with van der Waals surface area (Å²) in [6, 6.07) is 14.3. The highest BCUT2D eigenvalue weighted by Crippen LogP contribution is 2.36. The van der Waals surface area contributed by atoms with E-state index >= 15 is 0 Å². The highest BCUT2D eigenvalue weighted by atomic mass is 32.2. The molecule has 0 saturated carbocycles. The molecule has 166 valence electrons. The molecule has 2 aromatic carbocycles. The van der Waals surface area contributed by atoms with Crippen LogP contribution in [0, 0.1) is 0 Å². The molecule has 6 nitrogen and oxygen atoms in total. The van der Waals surface area contributed by atoms with Crippen molar-refractivity contribution in [2.24, 2.45) is 0 Å². The molecule has 1 unspecified atom stereocenters. The van der Waals surface area contributed by atoms with Gasteiger partial charge in [-0.15, -0.1) is 0 Å². The molecule has 0 bridgehead atoms. The number of hydrogen-bond donors (Lipinski definition) is 1. The van der Waals surface area contributed by atoms with Crippen molar-refractivity contribution in [1.29, 1.82) is 0 Å². The minimum Gasteiger partial charge on any atom is -0.368 e. The van der Waals surface area contributed by atoms with Gasteiger partial charge in [0.2, 0.25) is 10.0 Å². The van der Waals surface area contributed by atoms with Gasteiger partial charge in [-0.3, -0.25) is 4.79 Å². The second-order valence-corrected chi connectivity index (χ2v) is 9.86. The van der Waals surface area contributed by atoms with E-state index in [1.807, 2.05) is 48.5 Å². The molecular weight excluding hydrogens is 426 g/mol. The van der Waals surface area contributed by atoms with Crippen LogP contribution in [-0.4, -0.2) is 62.7 Å². The maximum Gasteiger partial charge on any atom is 0.283 e. The summed E-state index contributed by atoms with van der Waals surface area (Å²) in [4.78, 5) is 13.9. The number of amides is 1. The molecule has 0 aromatic heterocycles. The number of nitrogens with one attached hydrogen (secondary N) is 1. The third-order valence-electron chi connectivity index (χ3n) is 5.70. The number of halogens is 2. The monoisotopic (exact) mass is 450 g/mol. The normalized spacial score (nSPS) is 25.3. The Morgan fingerprint density at radius 2 is 1.84 bits per heavy atom. The van der Waals surface area contributed by atoms with Crippen LogP contribution in [0.3, 0.4) is 0 Å². The first-order valence-electron chi connectivity index (χ1n) is 10.1. The summed E-state index contributed by atoms with van der Waals surface area (Å²) in [6.45, 7) is -0.433. The van der Waals surface area contributed by atoms with Gasteiger partial charge in [-0.25, -0.2) is 21.9 Å². The predicted molar refractivity (Wildman–Crippen MR) is 112 cm³/mol. The third kappa shape index (κ3) is 4.78. The lowest BCUT2D eigenvalue weighted by Gasteiger charge is -2.33. The SMILES string of the molecule is CS(=O)(=O)N[C@@H]1[C@H](Cc2cccc(-c3ccccc3)c2)N(C(=O)C2CCO2)CC1(F)F. The van der Waals surface area contributed by atoms with Gasteiger partial charge in [-0.1, -0.05) is 54.6 Å². The van der Waals surface area contributed by atoms with Crippen LogP contribution in [0.15, 0.2) is 54.6 Å². The predicted octanol–water partition coefficient (Wildman–Crippen LogP) is 2.45. The fraction of sp³-hybridized carbons (Fsp3) is 0.409. The van der Waals surface area contributed by atoms with E-state index < -0.39 is 46.6 Å². The summed E-state index contributed by atoms with van der Waals surface area (Å²) in [7, 11) is -3.92. The zero-order chi connectivity index (χ0) is 22.2. The first-order valence-corrected chi connectivity index (χ1v) is 11.9. The number of likely N-dealkylation sites (tertiary alicyclic amines) is 1. The standard InChI is InChI=1S/C22H24F2N2O4S/c1-31(28,29)25-20-18(26(14-22(20,23)24)21(27)19-10-11-30-19)13-15-6-5-9-17(12-15)16-7-3-2-4-8-16/h2-9,12,18-20,25H,10-11,13-14H2,1H3/t18-,19?,20+/m0/s1. The number of carbonyl (C=O) groups is 1. The molecule has 4 rings (SSSR count). The van der Waals surface area contributed by atoms with Crippen LogP contribution in [0.25, 0.3) is 11.1 Å². The van der Waals surface area contributed by atoms with E-state index in [0.717, 1.165) is 27.8 Å². The van der Waals surface area contributed by atoms with E-state index in [9.17, 15) is 22.0 Å². The molecule has 0 spiro atoms. The topological polar surface area (TPSA) is 75.7 Å². The average molecular weight is 451 g/mol. The van der Waals surface area contributed by atoms with Crippen molar-refractivity contribution in [1.82, 2.24) is 9.62 Å². The molecule has 3 atom stereocenters. The van der Waals surface area contributed by atoms with Crippen molar-refractivity contribution in [3.63, 3.8) is 0 Å². The molecule has 0 radical (unpaired) electrons. The lowest BCUT2D eigenvalue weighted by Crippen LogP contribution is -2.54. The van der Waals surface area contributed by atoms with Crippen molar-refractivity contribution in [3.8, 4) is 11.1 Å². The Bertz CT molecular complexity index is 1060. The zero-order valence-electron chi connectivity index (χ0n) is 17.0. The third-order valence-corrected chi connectivity index (χ3v) is 6.38. The number of rotatable bonds is 6. The summed E-state index contributed by atoms with van der Waals surface area (Å²) in [5, 5.41) is 0. The zero-order valence-corrected chi connectivity index (χ0v) is 17.8. The molecule has 9 heteroatoms. The Labute approximate surface area is 180 Å². The van der Waals surface area contributed by atoms with Crippen LogP contribution >= 0.6 is 0 Å². The fourth-order valence-corrected chi connectivity index (χ4v) is 4.93. The molecule has 1 amide bonds. The first kappa shape index (κ1) is 21.9. The first-order chi connectivity index (χ1) is 14.6. The van der Waals surface area contributed by atoms with Crippen LogP contribution in [0.5, 0.6) is 0 Å². The van der Waals surface area contributed by atoms with E-state index in [0.29, 0.717) is 13.0 Å². The van der Waals surface area contributed by atoms with Gasteiger partial charge in [0.25, 0.3) is 11.8 Å². The van der Waals surface area contributed by atoms with Crippen molar-refractivity contribution >= 4 is 15.9 Å². The number of ether oxygens (including phenoxy) is 1. The second-order valence-electron chi connectivity index (χ2n) is 8.08. The lowest BCUT2D eigenvalue weighted by molar-refractivity contribution is -0.158. The van der Waals surface area contributed by atoms with E-state index in [2.05, 4.69) is 4.72 Å². The van der Waals surface area contributed by atoms with Crippen molar-refractivity contribution in [2.75, 3.05) is 19.4 Å². The number of sulfonamides is 1. The van der Waals surface area contributed by atoms with Crippen LogP contribution < -0.4 is 4.72 Å². The van der Waals surface area contributed by atoms with Gasteiger partial charge in [0.1, 0.15) is 12.1 Å². The molecule has 2 fully saturated rings. The maximum atomic E-state index is 14.9. The smallest absolute Gasteiger partial charge is 0.283 e. The van der Waals surface area contributed by atoms with E-state index in [1.165, 1.54) is 0 Å². The summed E-state index contributed by atoms with van der Waals surface area (Å²) in [5.41, 5.74) is 2.62. The Balaban J connectivity index is 1.66. The van der Waals surface area contributed by atoms with Gasteiger partial charge >= 0.3 is 0 Å². The van der Waals surface area contributed by atoms with Crippen molar-refractivity contribution in [3.05, 3.63) is 60.2 Å². The summed E-state index contributed by atoms with van der Waals surface area (Å²) in [5.74, 6) is -3.92. The minimum absolute atomic E-state index is 0.0852. The number of carbonyl (C=O) groups excluding carboxylic acids is 1. The molecule has 2 heterocycles. The van der Waals surface area contributed by atoms with E-state index in [1.54, 1.807) is 6.07 Å². The Morgan fingerprint density at radius 1 is 1.16 bits per heavy atom. The number of benzene rings is 2. The quantitative estimate of drug-likeness (QED) is 0.734. The summed E-state index contributed by atoms with van der Waals surface area (Å²) >= 11 is 0. The summed E-state index contributed by atoms with van der Waals surface area (Å²) < 4.78 is 60.7. The number of alkyl halides is 2. The van der Waals surface area contributed by atoms with Gasteiger partial charge in [0, 0.05) is 6.42 Å². The molecule has 2 aromatic rings. The molecule has 1 N–H and O–H groups in total. The Morgan fingerprint density at radius 3 is 2.45 bits per heavy atom. The van der Waals surface area contributed by atoms with Crippen molar-refractivity contribution in [2.45, 2.75) is 37.0 Å². The largest absolute Gasteiger partial charge is 0.368 e. The number of hydrogen-bond acceptors (Lipinski definition) is 4. The Kier molecular flexibility index (Phi) is 5.85. The van der Waals surface area contributed by atoms with Gasteiger partial charge in [-0.05, 0) is 23.1 Å². The molecular formula is C22H24F2N2O4S. The van der Waals surface area contributed by atoms with Crippen LogP contribution in [0.4, 0.5) is 8.78 Å². The lowest BCUT2D eigenvalue weighted by atomic mass is 9.96. The van der Waals surface area contributed by atoms with Gasteiger partial charge in [0.15, 0.2) is 0 Å². The van der Waals surface area contributed by atoms with E-state index in [-0.39, 0.29) is 6.42 Å². The van der Waals surface area contributed by atoms with Gasteiger partial charge in [0.05, 0.1) is 25.4 Å². The fourth-order valence-electron chi connectivity index (χ4n) is 4.13. The van der Waals surface area contributed by atoms with Gasteiger partial charge < -0.3 is 9.64 Å². The molecule has 2 aliphatic heterocycles. The molecule has 2 aliphatic rings. The van der Waals surface area contributed by atoms with E-state index in [4.69, 9.17) is 4.74 Å². The maximum absolute atomic E-state index is 14.9. The van der Waals surface area contributed by atoms with Crippen LogP contribution in [-0.2, 0) is 26.0 Å². The average Bonchev–Trinajstić information content (AvgIpc) is 2.91. The van der Waals surface area contributed by atoms with Crippen LogP contribution in [0.2, 0.25) is 0 Å². The number of nitrogens with zero attached hydrogens (tertiary/aromatic N) is 1. The molecule has 2 saturated heterocycles.